The van der Waals surface area contributed by atoms with Crippen LogP contribution in [0.15, 0.2) is 72.8 Å². The first kappa shape index (κ1) is 32.4. The van der Waals surface area contributed by atoms with Crippen molar-refractivity contribution in [2.24, 2.45) is 11.8 Å². The summed E-state index contributed by atoms with van der Waals surface area (Å²) in [5.74, 6) is 2.01. The van der Waals surface area contributed by atoms with E-state index in [1.54, 1.807) is 24.8 Å². The summed E-state index contributed by atoms with van der Waals surface area (Å²) in [5, 5.41) is 12.9. The molecule has 51 heavy (non-hydrogen) atoms. The van der Waals surface area contributed by atoms with Gasteiger partial charge in [-0.2, -0.15) is 5.26 Å². The van der Waals surface area contributed by atoms with Crippen molar-refractivity contribution in [3.8, 4) is 6.07 Å². The van der Waals surface area contributed by atoms with E-state index < -0.39 is 9.84 Å². The van der Waals surface area contributed by atoms with Crippen molar-refractivity contribution in [3.05, 3.63) is 95.1 Å². The Kier molecular flexibility index (Phi) is 7.99. The molecule has 0 spiro atoms. The predicted octanol–water partition coefficient (Wildman–Crippen LogP) is 7.13. The fourth-order valence-electron chi connectivity index (χ4n) is 8.80. The van der Waals surface area contributed by atoms with Gasteiger partial charge in [0.25, 0.3) is 0 Å². The molecule has 1 aliphatic heterocycles. The summed E-state index contributed by atoms with van der Waals surface area (Å²) in [5.41, 5.74) is 8.24. The number of piperazine rings is 1. The van der Waals surface area contributed by atoms with Crippen molar-refractivity contribution >= 4 is 48.5 Å². The van der Waals surface area contributed by atoms with Crippen LogP contribution >= 0.6 is 0 Å². The van der Waals surface area contributed by atoms with Gasteiger partial charge in [0.2, 0.25) is 5.91 Å². The van der Waals surface area contributed by atoms with Crippen LogP contribution in [-0.2, 0) is 21.1 Å². The summed E-state index contributed by atoms with van der Waals surface area (Å²) in [6.07, 6.45) is 21.7. The van der Waals surface area contributed by atoms with Crippen LogP contribution in [0.1, 0.15) is 79.5 Å². The van der Waals surface area contributed by atoms with Crippen molar-refractivity contribution in [2.75, 3.05) is 30.8 Å². The van der Waals surface area contributed by atoms with Gasteiger partial charge in [0.15, 0.2) is 9.84 Å². The number of pyridine rings is 2. The predicted molar refractivity (Wildman–Crippen MR) is 201 cm³/mol. The van der Waals surface area contributed by atoms with Crippen LogP contribution in [0.5, 0.6) is 0 Å². The Morgan fingerprint density at radius 3 is 2.49 bits per heavy atom. The Bertz CT molecular complexity index is 2290. The lowest BCUT2D eigenvalue weighted by molar-refractivity contribution is -0.135. The first-order chi connectivity index (χ1) is 24.8. The Labute approximate surface area is 299 Å². The summed E-state index contributed by atoms with van der Waals surface area (Å²) >= 11 is 0. The molecule has 4 fully saturated rings. The number of sulfone groups is 1. The van der Waals surface area contributed by atoms with E-state index >= 15 is 0 Å². The molecule has 8 nitrogen and oxygen atoms in total. The first-order valence-electron chi connectivity index (χ1n) is 18.6. The van der Waals surface area contributed by atoms with E-state index in [-0.39, 0.29) is 5.25 Å². The number of anilines is 1. The Morgan fingerprint density at radius 1 is 0.922 bits per heavy atom. The molecule has 2 aromatic carbocycles. The molecule has 9 heteroatoms. The van der Waals surface area contributed by atoms with Gasteiger partial charge in [0.1, 0.15) is 6.07 Å². The second kappa shape index (κ2) is 12.6. The van der Waals surface area contributed by atoms with Gasteiger partial charge < -0.3 is 9.80 Å². The first-order valence-corrected chi connectivity index (χ1v) is 20.6. The number of carbonyl (C=O) groups is 1. The van der Waals surface area contributed by atoms with Crippen LogP contribution in [0.2, 0.25) is 0 Å². The largest absolute Gasteiger partial charge is 0.368 e. The number of fused-ring (bicyclic) bond motifs is 5. The number of nitriles is 1. The molecular weight excluding hydrogens is 655 g/mol. The molecule has 2 atom stereocenters. The molecule has 6 aliphatic rings. The van der Waals surface area contributed by atoms with Crippen LogP contribution in [0, 0.1) is 23.2 Å². The van der Waals surface area contributed by atoms with Crippen LogP contribution in [0.25, 0.3) is 27.1 Å². The number of nitrogens with zero attached hydrogens (tertiary/aromatic N) is 5. The molecule has 0 radical (unpaired) electrons. The molecule has 3 heterocycles. The summed E-state index contributed by atoms with van der Waals surface area (Å²) in [7, 11) is -3.14. The summed E-state index contributed by atoms with van der Waals surface area (Å²) in [6, 6.07) is 13.7. The van der Waals surface area contributed by atoms with Crippen molar-refractivity contribution < 1.29 is 13.2 Å². The molecule has 1 amide bonds. The molecule has 260 valence electrons. The van der Waals surface area contributed by atoms with E-state index in [0.717, 1.165) is 67.2 Å². The number of hydrogen-bond acceptors (Lipinski definition) is 7. The lowest BCUT2D eigenvalue weighted by Gasteiger charge is -2.43. The van der Waals surface area contributed by atoms with Crippen LogP contribution < -0.4 is 4.90 Å². The maximum atomic E-state index is 13.1. The smallest absolute Gasteiger partial charge is 0.226 e. The second-order valence-corrected chi connectivity index (χ2v) is 17.7. The zero-order valence-corrected chi connectivity index (χ0v) is 29.9. The van der Waals surface area contributed by atoms with E-state index in [1.807, 2.05) is 6.07 Å². The molecule has 3 saturated carbocycles. The quantitative estimate of drug-likeness (QED) is 0.219. The van der Waals surface area contributed by atoms with Crippen molar-refractivity contribution in [3.63, 3.8) is 0 Å². The van der Waals surface area contributed by atoms with Crippen molar-refractivity contribution in [2.45, 2.75) is 75.0 Å². The highest BCUT2D eigenvalue weighted by Crippen LogP contribution is 2.49. The van der Waals surface area contributed by atoms with E-state index in [1.165, 1.54) is 65.1 Å². The van der Waals surface area contributed by atoms with Gasteiger partial charge in [-0.1, -0.05) is 24.3 Å². The van der Waals surface area contributed by atoms with Gasteiger partial charge in [0.05, 0.1) is 16.9 Å². The lowest BCUT2D eigenvalue weighted by atomic mass is 9.78. The number of rotatable bonds is 5. The highest BCUT2D eigenvalue weighted by Gasteiger charge is 2.44. The standard InChI is InChI=1S/C33H38N2O3S.C9H5N3/c1-39(37,38)32-4-2-3-24-25-11-12-27-29(20-5-6-20)17-23(18-30(27)26(25)13-14-28(24)32)34-15-16-35(33(36)22-9-10-22)31(19-34)21-7-8-21;10-3-7-4-12-6-8-5-11-2-1-9(7)8/h2-3,11-12,17-18,20-22,31-32H,4-10,13-16,19H2,1H3;1-2,4-6H/t31?,32-;/m1./s1. The highest BCUT2D eigenvalue weighted by atomic mass is 32.2. The molecular formula is C42H43N5O3S. The zero-order valence-electron chi connectivity index (χ0n) is 29.1. The minimum Gasteiger partial charge on any atom is -0.368 e. The number of aromatic nitrogens is 2. The maximum Gasteiger partial charge on any atom is 0.226 e. The molecule has 4 aromatic rings. The topological polar surface area (TPSA) is 107 Å². The van der Waals surface area contributed by atoms with E-state index in [2.05, 4.69) is 62.3 Å². The summed E-state index contributed by atoms with van der Waals surface area (Å²) in [4.78, 5) is 25.8. The third kappa shape index (κ3) is 6.12. The highest BCUT2D eigenvalue weighted by molar-refractivity contribution is 7.91. The Balaban J connectivity index is 0.000000246. The summed E-state index contributed by atoms with van der Waals surface area (Å²) in [6.45, 7) is 2.69. The monoisotopic (exact) mass is 697 g/mol. The molecule has 2 aromatic heterocycles. The molecule has 0 N–H and O–H groups in total. The minimum atomic E-state index is -3.14. The normalized spacial score (nSPS) is 23.0. The number of benzene rings is 2. The lowest BCUT2D eigenvalue weighted by Crippen LogP contribution is -2.56. The number of amides is 1. The van der Waals surface area contributed by atoms with Gasteiger partial charge in [0, 0.05) is 73.1 Å². The Morgan fingerprint density at radius 2 is 1.75 bits per heavy atom. The third-order valence-corrected chi connectivity index (χ3v) is 13.5. The molecule has 1 unspecified atom stereocenters. The molecule has 1 saturated heterocycles. The second-order valence-electron chi connectivity index (χ2n) is 15.4. The summed E-state index contributed by atoms with van der Waals surface area (Å²) < 4.78 is 25.2. The van der Waals surface area contributed by atoms with Gasteiger partial charge in [-0.25, -0.2) is 8.42 Å². The van der Waals surface area contributed by atoms with E-state index in [0.29, 0.717) is 41.7 Å². The average Bonchev–Trinajstić information content (AvgIpc) is 3.98. The fraction of sp³-hybridized carbons (Fsp3) is 0.429. The number of allylic oxidation sites excluding steroid dienone is 3. The zero-order chi connectivity index (χ0) is 34.9. The van der Waals surface area contributed by atoms with Crippen LogP contribution in [0.3, 0.4) is 0 Å². The van der Waals surface area contributed by atoms with Gasteiger partial charge in [-0.3, -0.25) is 14.8 Å². The molecule has 0 bridgehead atoms. The van der Waals surface area contributed by atoms with E-state index in [9.17, 15) is 13.2 Å². The van der Waals surface area contributed by atoms with Gasteiger partial charge >= 0.3 is 0 Å². The fourth-order valence-corrected chi connectivity index (χ4v) is 10.0. The average molecular weight is 698 g/mol. The SMILES string of the molecule is CS(=O)(=O)[C@@H]1CC=CC2=C1CCc1c2ccc2c(C3CC3)cc(N3CCN(C(=O)C4CC4)C(C4CC4)C3)cc12.N#Cc1cncc2cnccc12. The number of hydrogen-bond donors (Lipinski definition) is 0. The number of carbonyl (C=O) groups excluding carboxylic acids is 1. The van der Waals surface area contributed by atoms with Crippen molar-refractivity contribution in [1.82, 2.24) is 14.9 Å². The maximum absolute atomic E-state index is 13.1. The van der Waals surface area contributed by atoms with Gasteiger partial charge in [-0.15, -0.1) is 0 Å². The Hall–Kier alpha value is -4.55. The molecule has 10 rings (SSSR count). The van der Waals surface area contributed by atoms with Gasteiger partial charge in [-0.05, 0) is 126 Å². The van der Waals surface area contributed by atoms with Crippen LogP contribution in [-0.4, -0.2) is 66.4 Å². The molecule has 5 aliphatic carbocycles. The van der Waals surface area contributed by atoms with E-state index in [4.69, 9.17) is 5.26 Å². The minimum absolute atomic E-state index is 0.293. The third-order valence-electron chi connectivity index (χ3n) is 11.9. The van der Waals surface area contributed by atoms with Crippen molar-refractivity contribution in [1.29, 1.82) is 5.26 Å². The van der Waals surface area contributed by atoms with Crippen LogP contribution in [0.4, 0.5) is 5.69 Å². The number of aryl methyl sites for hydroxylation is 1.